The van der Waals surface area contributed by atoms with Gasteiger partial charge in [-0.05, 0) is 36.8 Å². The van der Waals surface area contributed by atoms with Crippen LogP contribution in [0.3, 0.4) is 0 Å². The first-order valence-electron chi connectivity index (χ1n) is 8.47. The van der Waals surface area contributed by atoms with Crippen molar-refractivity contribution in [1.82, 2.24) is 10.3 Å². The van der Waals surface area contributed by atoms with Crippen molar-refractivity contribution in [1.29, 1.82) is 0 Å². The smallest absolute Gasteiger partial charge is 0.355 e. The largest absolute Gasteiger partial charge is 0.416 e. The van der Waals surface area contributed by atoms with Crippen LogP contribution in [0.25, 0.3) is 10.6 Å². The Kier molecular flexibility index (Phi) is 5.69. The molecule has 150 valence electrons. The SMILES string of the molecule is CNC(=O)c1cccc(NC(=O)c2csc(-c3cccc(C(F)(F)F)c3)n2)c1C. The molecule has 0 saturated heterocycles. The number of nitrogens with one attached hydrogen (secondary N) is 2. The molecule has 2 amide bonds. The van der Waals surface area contributed by atoms with E-state index in [9.17, 15) is 22.8 Å². The van der Waals surface area contributed by atoms with Crippen LogP contribution in [-0.4, -0.2) is 23.8 Å². The number of carbonyl (C=O) groups is 2. The van der Waals surface area contributed by atoms with Crippen molar-refractivity contribution in [3.8, 4) is 10.6 Å². The highest BCUT2D eigenvalue weighted by Crippen LogP contribution is 2.33. The molecule has 3 aromatic rings. The first-order chi connectivity index (χ1) is 13.7. The standard InChI is InChI=1S/C20H16F3N3O2S/c1-11-14(17(27)24-2)7-4-8-15(11)25-18(28)16-10-29-19(26-16)12-5-3-6-13(9-12)20(21,22)23/h3-10H,1-2H3,(H,24,27)(H,25,28). The summed E-state index contributed by atoms with van der Waals surface area (Å²) < 4.78 is 38.7. The zero-order valence-electron chi connectivity index (χ0n) is 15.4. The zero-order chi connectivity index (χ0) is 21.2. The fraction of sp³-hybridized carbons (Fsp3) is 0.150. The van der Waals surface area contributed by atoms with Gasteiger partial charge < -0.3 is 10.6 Å². The van der Waals surface area contributed by atoms with Gasteiger partial charge >= 0.3 is 6.18 Å². The van der Waals surface area contributed by atoms with Crippen LogP contribution in [0.15, 0.2) is 47.8 Å². The molecule has 5 nitrogen and oxygen atoms in total. The van der Waals surface area contributed by atoms with E-state index >= 15 is 0 Å². The molecule has 0 spiro atoms. The van der Waals surface area contributed by atoms with Crippen molar-refractivity contribution in [2.45, 2.75) is 13.1 Å². The summed E-state index contributed by atoms with van der Waals surface area (Å²) in [6.45, 7) is 1.70. The molecule has 1 aromatic heterocycles. The lowest BCUT2D eigenvalue weighted by molar-refractivity contribution is -0.137. The number of aromatic nitrogens is 1. The molecule has 0 atom stereocenters. The van der Waals surface area contributed by atoms with Crippen molar-refractivity contribution in [3.63, 3.8) is 0 Å². The lowest BCUT2D eigenvalue weighted by atomic mass is 10.1. The molecule has 2 aromatic carbocycles. The summed E-state index contributed by atoms with van der Waals surface area (Å²) in [4.78, 5) is 28.6. The first-order valence-corrected chi connectivity index (χ1v) is 9.35. The molecule has 0 aliphatic carbocycles. The van der Waals surface area contributed by atoms with Gasteiger partial charge in [-0.3, -0.25) is 9.59 Å². The third-order valence-corrected chi connectivity index (χ3v) is 5.12. The number of carbonyl (C=O) groups excluding carboxylic acids is 2. The fourth-order valence-corrected chi connectivity index (χ4v) is 3.47. The highest BCUT2D eigenvalue weighted by Gasteiger charge is 2.30. The molecule has 0 aliphatic rings. The van der Waals surface area contributed by atoms with Crippen LogP contribution in [0, 0.1) is 6.92 Å². The van der Waals surface area contributed by atoms with E-state index in [-0.39, 0.29) is 17.2 Å². The van der Waals surface area contributed by atoms with Crippen molar-refractivity contribution >= 4 is 28.8 Å². The third kappa shape index (κ3) is 4.45. The Hall–Kier alpha value is -3.20. The van der Waals surface area contributed by atoms with E-state index in [0.717, 1.165) is 23.5 Å². The predicted molar refractivity (Wildman–Crippen MR) is 105 cm³/mol. The molecule has 3 rings (SSSR count). The lowest BCUT2D eigenvalue weighted by Gasteiger charge is -2.11. The Morgan fingerprint density at radius 3 is 2.48 bits per heavy atom. The summed E-state index contributed by atoms with van der Waals surface area (Å²) in [6, 6.07) is 9.71. The molecule has 0 radical (unpaired) electrons. The summed E-state index contributed by atoms with van der Waals surface area (Å²) in [5.74, 6) is -0.796. The van der Waals surface area contributed by atoms with Crippen molar-refractivity contribution in [2.24, 2.45) is 0 Å². The molecule has 0 bridgehead atoms. The predicted octanol–water partition coefficient (Wildman–Crippen LogP) is 4.75. The maximum absolute atomic E-state index is 12.9. The molecule has 0 fully saturated rings. The maximum atomic E-state index is 12.9. The number of benzene rings is 2. The number of rotatable bonds is 4. The summed E-state index contributed by atoms with van der Waals surface area (Å²) >= 11 is 1.07. The van der Waals surface area contributed by atoms with Gasteiger partial charge in [-0.1, -0.05) is 18.2 Å². The summed E-state index contributed by atoms with van der Waals surface area (Å²) in [5.41, 5.74) is 1.04. The van der Waals surface area contributed by atoms with E-state index in [0.29, 0.717) is 21.8 Å². The molecular weight excluding hydrogens is 403 g/mol. The summed E-state index contributed by atoms with van der Waals surface area (Å²) in [5, 5.41) is 7.00. The van der Waals surface area contributed by atoms with Crippen molar-refractivity contribution in [3.05, 3.63) is 70.2 Å². The zero-order valence-corrected chi connectivity index (χ0v) is 16.2. The Morgan fingerprint density at radius 1 is 1.07 bits per heavy atom. The number of nitrogens with zero attached hydrogens (tertiary/aromatic N) is 1. The van der Waals surface area contributed by atoms with E-state index in [2.05, 4.69) is 15.6 Å². The number of anilines is 1. The quantitative estimate of drug-likeness (QED) is 0.641. The minimum absolute atomic E-state index is 0.0761. The minimum atomic E-state index is -4.46. The van der Waals surface area contributed by atoms with E-state index in [1.807, 2.05) is 0 Å². The average Bonchev–Trinajstić information content (AvgIpc) is 3.19. The Morgan fingerprint density at radius 2 is 1.79 bits per heavy atom. The number of hydrogen-bond acceptors (Lipinski definition) is 4. The number of amides is 2. The van der Waals surface area contributed by atoms with Gasteiger partial charge in [0.05, 0.1) is 5.56 Å². The van der Waals surface area contributed by atoms with Gasteiger partial charge in [0.15, 0.2) is 0 Å². The molecule has 2 N–H and O–H groups in total. The Balaban J connectivity index is 1.83. The molecule has 9 heteroatoms. The average molecular weight is 419 g/mol. The van der Waals surface area contributed by atoms with E-state index in [1.165, 1.54) is 24.6 Å². The number of hydrogen-bond donors (Lipinski definition) is 2. The summed E-state index contributed by atoms with van der Waals surface area (Å²) in [7, 11) is 1.51. The molecule has 0 saturated carbocycles. The highest BCUT2D eigenvalue weighted by molar-refractivity contribution is 7.13. The number of thiazole rings is 1. The molecule has 1 heterocycles. The van der Waals surface area contributed by atoms with Gasteiger partial charge in [0.1, 0.15) is 10.7 Å². The van der Waals surface area contributed by atoms with Gasteiger partial charge in [-0.15, -0.1) is 11.3 Å². The van der Waals surface area contributed by atoms with E-state index in [4.69, 9.17) is 0 Å². The first kappa shape index (κ1) is 20.5. The molecular formula is C20H16F3N3O2S. The van der Waals surface area contributed by atoms with Crippen LogP contribution in [0.1, 0.15) is 32.0 Å². The normalized spacial score (nSPS) is 11.2. The monoisotopic (exact) mass is 419 g/mol. The van der Waals surface area contributed by atoms with Crippen molar-refractivity contribution < 1.29 is 22.8 Å². The highest BCUT2D eigenvalue weighted by atomic mass is 32.1. The molecule has 29 heavy (non-hydrogen) atoms. The lowest BCUT2D eigenvalue weighted by Crippen LogP contribution is -2.20. The van der Waals surface area contributed by atoms with Gasteiger partial charge in [0, 0.05) is 29.2 Å². The van der Waals surface area contributed by atoms with Gasteiger partial charge in [0.2, 0.25) is 0 Å². The van der Waals surface area contributed by atoms with Gasteiger partial charge in [-0.25, -0.2) is 4.98 Å². The van der Waals surface area contributed by atoms with Crippen LogP contribution in [0.2, 0.25) is 0 Å². The van der Waals surface area contributed by atoms with Crippen LogP contribution < -0.4 is 10.6 Å². The summed E-state index contributed by atoms with van der Waals surface area (Å²) in [6.07, 6.45) is -4.46. The second kappa shape index (κ2) is 8.04. The Labute approximate surface area is 168 Å². The Bertz CT molecular complexity index is 1080. The van der Waals surface area contributed by atoms with Crippen LogP contribution in [0.4, 0.5) is 18.9 Å². The topological polar surface area (TPSA) is 71.1 Å². The second-order valence-corrected chi connectivity index (χ2v) is 6.99. The molecule has 0 unspecified atom stereocenters. The number of alkyl halides is 3. The maximum Gasteiger partial charge on any atom is 0.416 e. The van der Waals surface area contributed by atoms with Crippen LogP contribution in [0.5, 0.6) is 0 Å². The van der Waals surface area contributed by atoms with E-state index < -0.39 is 17.6 Å². The number of halogens is 3. The van der Waals surface area contributed by atoms with E-state index in [1.54, 1.807) is 25.1 Å². The third-order valence-electron chi connectivity index (χ3n) is 4.23. The van der Waals surface area contributed by atoms with Crippen molar-refractivity contribution in [2.75, 3.05) is 12.4 Å². The second-order valence-electron chi connectivity index (χ2n) is 6.13. The van der Waals surface area contributed by atoms with Gasteiger partial charge in [0.25, 0.3) is 11.8 Å². The fourth-order valence-electron chi connectivity index (χ4n) is 2.68. The minimum Gasteiger partial charge on any atom is -0.355 e. The van der Waals surface area contributed by atoms with Crippen LogP contribution >= 0.6 is 11.3 Å². The van der Waals surface area contributed by atoms with Crippen LogP contribution in [-0.2, 0) is 6.18 Å². The van der Waals surface area contributed by atoms with Gasteiger partial charge in [-0.2, -0.15) is 13.2 Å². The molecule has 0 aliphatic heterocycles.